The van der Waals surface area contributed by atoms with Crippen LogP contribution in [0.5, 0.6) is 5.75 Å². The Bertz CT molecular complexity index is 783. The number of hydrogen-bond acceptors (Lipinski definition) is 2. The molecule has 0 saturated carbocycles. The molecular formula is C20H23FN2O. The van der Waals surface area contributed by atoms with E-state index in [1.807, 2.05) is 12.3 Å². The first-order chi connectivity index (χ1) is 11.8. The van der Waals surface area contributed by atoms with Crippen LogP contribution in [0.2, 0.25) is 0 Å². The predicted octanol–water partition coefficient (Wildman–Crippen LogP) is 4.08. The molecule has 4 heteroatoms. The third kappa shape index (κ3) is 3.95. The standard InChI is InChI=1S/C20H23FN2O/c1-24-20-12-17-16(14-23-19(17)13-18(20)21)9-11-22-10-5-8-15-6-3-2-4-7-15/h2-4,6-7,12-14,22-23H,5,8-11H2,1H3. The number of ether oxygens (including phenoxy) is 1. The number of aromatic amines is 1. The van der Waals surface area contributed by atoms with Crippen molar-refractivity contribution in [3.63, 3.8) is 0 Å². The van der Waals surface area contributed by atoms with Gasteiger partial charge < -0.3 is 15.0 Å². The topological polar surface area (TPSA) is 37.0 Å². The molecule has 0 fully saturated rings. The molecule has 3 nitrogen and oxygen atoms in total. The average Bonchev–Trinajstić information content (AvgIpc) is 2.99. The van der Waals surface area contributed by atoms with Gasteiger partial charge >= 0.3 is 0 Å². The number of aromatic nitrogens is 1. The highest BCUT2D eigenvalue weighted by atomic mass is 19.1. The van der Waals surface area contributed by atoms with Gasteiger partial charge in [0.15, 0.2) is 11.6 Å². The summed E-state index contributed by atoms with van der Waals surface area (Å²) in [7, 11) is 1.49. The number of H-pyrrole nitrogens is 1. The summed E-state index contributed by atoms with van der Waals surface area (Å²) in [6.07, 6.45) is 5.07. The summed E-state index contributed by atoms with van der Waals surface area (Å²) in [4.78, 5) is 3.13. The molecule has 24 heavy (non-hydrogen) atoms. The SMILES string of the molecule is COc1cc2c(CCNCCCc3ccccc3)c[nH]c2cc1F. The number of hydrogen-bond donors (Lipinski definition) is 2. The fraction of sp³-hybridized carbons (Fsp3) is 0.300. The van der Waals surface area contributed by atoms with E-state index in [-0.39, 0.29) is 5.82 Å². The minimum absolute atomic E-state index is 0.291. The van der Waals surface area contributed by atoms with Crippen molar-refractivity contribution in [2.24, 2.45) is 0 Å². The first-order valence-electron chi connectivity index (χ1n) is 8.36. The van der Waals surface area contributed by atoms with E-state index in [1.165, 1.54) is 24.3 Å². The molecule has 1 aromatic heterocycles. The Kier molecular flexibility index (Phi) is 5.49. The molecule has 0 aliphatic rings. The Morgan fingerprint density at radius 3 is 2.71 bits per heavy atom. The Morgan fingerprint density at radius 2 is 1.92 bits per heavy atom. The van der Waals surface area contributed by atoms with Gasteiger partial charge in [-0.2, -0.15) is 0 Å². The molecule has 126 valence electrons. The van der Waals surface area contributed by atoms with E-state index in [1.54, 1.807) is 6.07 Å². The molecule has 0 spiro atoms. The maximum absolute atomic E-state index is 13.7. The smallest absolute Gasteiger partial charge is 0.167 e. The minimum atomic E-state index is -0.336. The Balaban J connectivity index is 1.47. The quantitative estimate of drug-likeness (QED) is 0.612. The molecule has 3 rings (SSSR count). The summed E-state index contributed by atoms with van der Waals surface area (Å²) in [5.41, 5.74) is 3.37. The molecule has 3 aromatic rings. The normalized spacial score (nSPS) is 11.1. The monoisotopic (exact) mass is 326 g/mol. The number of halogens is 1. The van der Waals surface area contributed by atoms with Gasteiger partial charge in [-0.25, -0.2) is 4.39 Å². The lowest BCUT2D eigenvalue weighted by Crippen LogP contribution is -2.18. The Labute approximate surface area is 141 Å². The lowest BCUT2D eigenvalue weighted by Gasteiger charge is -2.06. The summed E-state index contributed by atoms with van der Waals surface area (Å²) in [5.74, 6) is -0.0448. The highest BCUT2D eigenvalue weighted by Gasteiger charge is 2.09. The zero-order valence-corrected chi connectivity index (χ0v) is 13.9. The van der Waals surface area contributed by atoms with E-state index >= 15 is 0 Å². The van der Waals surface area contributed by atoms with Crippen LogP contribution in [0.1, 0.15) is 17.5 Å². The molecule has 0 amide bonds. The summed E-state index contributed by atoms with van der Waals surface area (Å²) in [5, 5.41) is 4.51. The van der Waals surface area contributed by atoms with Gasteiger partial charge in [0.25, 0.3) is 0 Å². The van der Waals surface area contributed by atoms with Crippen molar-refractivity contribution >= 4 is 10.9 Å². The summed E-state index contributed by atoms with van der Waals surface area (Å²) < 4.78 is 18.8. The number of fused-ring (bicyclic) bond motifs is 1. The van der Waals surface area contributed by atoms with E-state index in [2.05, 4.69) is 34.6 Å². The summed E-state index contributed by atoms with van der Waals surface area (Å²) >= 11 is 0. The summed E-state index contributed by atoms with van der Waals surface area (Å²) in [6, 6.07) is 13.8. The molecule has 0 radical (unpaired) electrons. The van der Waals surface area contributed by atoms with Gasteiger partial charge in [0.2, 0.25) is 0 Å². The second kappa shape index (κ2) is 7.97. The van der Waals surface area contributed by atoms with Gasteiger partial charge in [0.05, 0.1) is 7.11 Å². The lowest BCUT2D eigenvalue weighted by molar-refractivity contribution is 0.387. The molecule has 0 bridgehead atoms. The van der Waals surface area contributed by atoms with Crippen molar-refractivity contribution < 1.29 is 9.13 Å². The van der Waals surface area contributed by atoms with E-state index in [9.17, 15) is 4.39 Å². The van der Waals surface area contributed by atoms with Crippen LogP contribution >= 0.6 is 0 Å². The molecule has 0 aliphatic carbocycles. The fourth-order valence-corrected chi connectivity index (χ4v) is 2.95. The van der Waals surface area contributed by atoms with Crippen molar-refractivity contribution in [3.8, 4) is 5.75 Å². The van der Waals surface area contributed by atoms with Crippen LogP contribution in [0.3, 0.4) is 0 Å². The van der Waals surface area contributed by atoms with Crippen molar-refractivity contribution in [3.05, 3.63) is 65.6 Å². The fourth-order valence-electron chi connectivity index (χ4n) is 2.95. The third-order valence-electron chi connectivity index (χ3n) is 4.27. The maximum Gasteiger partial charge on any atom is 0.167 e. The van der Waals surface area contributed by atoms with Crippen LogP contribution in [-0.4, -0.2) is 25.2 Å². The van der Waals surface area contributed by atoms with Crippen LogP contribution in [0, 0.1) is 5.82 Å². The van der Waals surface area contributed by atoms with Crippen LogP contribution in [-0.2, 0) is 12.8 Å². The van der Waals surface area contributed by atoms with Gasteiger partial charge in [-0.3, -0.25) is 0 Å². The zero-order valence-electron chi connectivity index (χ0n) is 13.9. The first-order valence-corrected chi connectivity index (χ1v) is 8.36. The van der Waals surface area contributed by atoms with Crippen molar-refractivity contribution in [1.82, 2.24) is 10.3 Å². The van der Waals surface area contributed by atoms with Crippen LogP contribution in [0.25, 0.3) is 10.9 Å². The average molecular weight is 326 g/mol. The van der Waals surface area contributed by atoms with E-state index < -0.39 is 0 Å². The number of methoxy groups -OCH3 is 1. The molecule has 2 N–H and O–H groups in total. The molecule has 0 unspecified atom stereocenters. The summed E-state index contributed by atoms with van der Waals surface area (Å²) in [6.45, 7) is 1.90. The zero-order chi connectivity index (χ0) is 16.8. The van der Waals surface area contributed by atoms with E-state index in [0.29, 0.717) is 5.75 Å². The van der Waals surface area contributed by atoms with Crippen molar-refractivity contribution in [2.45, 2.75) is 19.3 Å². The minimum Gasteiger partial charge on any atom is -0.494 e. The predicted molar refractivity (Wildman–Crippen MR) is 96.1 cm³/mol. The molecule has 1 heterocycles. The Hall–Kier alpha value is -2.33. The van der Waals surface area contributed by atoms with Crippen LogP contribution < -0.4 is 10.1 Å². The number of benzene rings is 2. The highest BCUT2D eigenvalue weighted by Crippen LogP contribution is 2.26. The van der Waals surface area contributed by atoms with Gasteiger partial charge in [0.1, 0.15) is 0 Å². The number of rotatable bonds is 8. The van der Waals surface area contributed by atoms with Crippen molar-refractivity contribution in [1.29, 1.82) is 0 Å². The first kappa shape index (κ1) is 16.5. The second-order valence-corrected chi connectivity index (χ2v) is 5.94. The molecular weight excluding hydrogens is 303 g/mol. The van der Waals surface area contributed by atoms with Gasteiger partial charge in [-0.1, -0.05) is 30.3 Å². The van der Waals surface area contributed by atoms with Gasteiger partial charge in [-0.15, -0.1) is 0 Å². The second-order valence-electron chi connectivity index (χ2n) is 5.94. The third-order valence-corrected chi connectivity index (χ3v) is 4.27. The Morgan fingerprint density at radius 1 is 1.08 bits per heavy atom. The molecule has 0 atom stereocenters. The number of nitrogens with one attached hydrogen (secondary N) is 2. The van der Waals surface area contributed by atoms with Gasteiger partial charge in [-0.05, 0) is 49.5 Å². The van der Waals surface area contributed by atoms with Gasteiger partial charge in [0, 0.05) is 23.2 Å². The molecule has 0 saturated heterocycles. The highest BCUT2D eigenvalue weighted by molar-refractivity contribution is 5.84. The van der Waals surface area contributed by atoms with Crippen LogP contribution in [0.4, 0.5) is 4.39 Å². The largest absolute Gasteiger partial charge is 0.494 e. The number of aryl methyl sites for hydroxylation is 1. The molecule has 2 aromatic carbocycles. The van der Waals surface area contributed by atoms with Crippen LogP contribution in [0.15, 0.2) is 48.7 Å². The van der Waals surface area contributed by atoms with E-state index in [4.69, 9.17) is 4.74 Å². The maximum atomic E-state index is 13.7. The lowest BCUT2D eigenvalue weighted by atomic mass is 10.1. The van der Waals surface area contributed by atoms with E-state index in [0.717, 1.165) is 43.3 Å². The van der Waals surface area contributed by atoms with Crippen molar-refractivity contribution in [2.75, 3.05) is 20.2 Å². The molecule has 0 aliphatic heterocycles.